The normalized spacial score (nSPS) is 14.4. The number of carbonyl (C=O) groups excluding carboxylic acids is 3. The summed E-state index contributed by atoms with van der Waals surface area (Å²) >= 11 is 0.642. The summed E-state index contributed by atoms with van der Waals surface area (Å²) < 4.78 is 11.2. The van der Waals surface area contributed by atoms with Gasteiger partial charge in [0.1, 0.15) is 6.54 Å². The van der Waals surface area contributed by atoms with Crippen LogP contribution in [0.4, 0.5) is 16.2 Å². The smallest absolute Gasteiger partial charge is 0.318 e. The van der Waals surface area contributed by atoms with E-state index in [1.807, 2.05) is 0 Å². The average molecular weight is 488 g/mol. The predicted molar refractivity (Wildman–Crippen MR) is 119 cm³/mol. The van der Waals surface area contributed by atoms with E-state index in [0.717, 1.165) is 23.1 Å². The van der Waals surface area contributed by atoms with Gasteiger partial charge in [0.2, 0.25) is 11.7 Å². The minimum absolute atomic E-state index is 0.0633. The maximum absolute atomic E-state index is 12.4. The number of ether oxygens (including phenoxy) is 2. The Labute approximate surface area is 195 Å². The fourth-order valence-corrected chi connectivity index (χ4v) is 3.72. The highest BCUT2D eigenvalue weighted by Gasteiger charge is 2.35. The number of carbonyl (C=O) groups is 3. The van der Waals surface area contributed by atoms with Crippen molar-refractivity contribution in [2.24, 2.45) is 5.73 Å². The van der Waals surface area contributed by atoms with Crippen LogP contribution in [0.2, 0.25) is 0 Å². The van der Waals surface area contributed by atoms with Gasteiger partial charge >= 0.3 is 5.69 Å². The van der Waals surface area contributed by atoms with Gasteiger partial charge in [-0.1, -0.05) is 6.07 Å². The van der Waals surface area contributed by atoms with E-state index in [1.165, 1.54) is 24.3 Å². The number of nitro groups is 2. The minimum Gasteiger partial charge on any atom is -0.490 e. The van der Waals surface area contributed by atoms with Gasteiger partial charge in [-0.2, -0.15) is 0 Å². The quantitative estimate of drug-likeness (QED) is 0.312. The van der Waals surface area contributed by atoms with Gasteiger partial charge in [-0.05, 0) is 48.5 Å². The Balaban J connectivity index is 1.93. The van der Waals surface area contributed by atoms with E-state index in [0.29, 0.717) is 17.3 Å². The maximum atomic E-state index is 12.4. The van der Waals surface area contributed by atoms with Gasteiger partial charge in [0.05, 0.1) is 27.4 Å². The third-order valence-electron chi connectivity index (χ3n) is 4.32. The van der Waals surface area contributed by atoms with Crippen molar-refractivity contribution in [3.8, 4) is 17.2 Å². The first kappa shape index (κ1) is 24.2. The highest BCUT2D eigenvalue weighted by molar-refractivity contribution is 8.18. The lowest BCUT2D eigenvalue weighted by molar-refractivity contribution is -0.394. The number of non-ortho nitro benzene ring substituents is 1. The van der Waals surface area contributed by atoms with Crippen LogP contribution in [-0.2, 0) is 9.59 Å². The standard InChI is InChI=1S/C20H16N4O9S/c1-2-32-16-7-11(8-17-19(26)22(10-18(21)25)20(27)34-17)3-5-15(16)33-14-6-4-12(23(28)29)9-13(14)24(30)31/h3-9H,2,10H2,1H3,(H2,21,25)/b17-8-. The summed E-state index contributed by atoms with van der Waals surface area (Å²) in [5.74, 6) is -1.49. The molecule has 13 nitrogen and oxygen atoms in total. The molecule has 1 saturated heterocycles. The topological polar surface area (TPSA) is 185 Å². The van der Waals surface area contributed by atoms with Crippen LogP contribution in [-0.4, -0.2) is 45.0 Å². The lowest BCUT2D eigenvalue weighted by Gasteiger charge is -2.12. The van der Waals surface area contributed by atoms with E-state index in [1.54, 1.807) is 6.92 Å². The first-order chi connectivity index (χ1) is 16.1. The summed E-state index contributed by atoms with van der Waals surface area (Å²) in [5, 5.41) is 21.7. The molecule has 1 heterocycles. The van der Waals surface area contributed by atoms with Crippen LogP contribution in [0.3, 0.4) is 0 Å². The summed E-state index contributed by atoms with van der Waals surface area (Å²) in [6.07, 6.45) is 1.41. The van der Waals surface area contributed by atoms with E-state index in [9.17, 15) is 34.6 Å². The molecule has 2 aromatic rings. The zero-order valence-electron chi connectivity index (χ0n) is 17.5. The fourth-order valence-electron chi connectivity index (χ4n) is 2.88. The summed E-state index contributed by atoms with van der Waals surface area (Å²) in [5.41, 5.74) is 4.43. The molecule has 0 unspecified atom stereocenters. The van der Waals surface area contributed by atoms with Gasteiger partial charge in [-0.25, -0.2) is 0 Å². The van der Waals surface area contributed by atoms with Crippen molar-refractivity contribution >= 4 is 46.3 Å². The Hall–Kier alpha value is -4.46. The maximum Gasteiger partial charge on any atom is 0.318 e. The third kappa shape index (κ3) is 5.29. The first-order valence-corrected chi connectivity index (χ1v) is 10.3. The molecular weight excluding hydrogens is 472 g/mol. The van der Waals surface area contributed by atoms with Gasteiger partial charge in [0.15, 0.2) is 11.5 Å². The monoisotopic (exact) mass is 488 g/mol. The summed E-state index contributed by atoms with van der Waals surface area (Å²) in [6, 6.07) is 7.38. The van der Waals surface area contributed by atoms with Crippen LogP contribution in [0.5, 0.6) is 17.2 Å². The van der Waals surface area contributed by atoms with E-state index in [-0.39, 0.29) is 28.8 Å². The minimum atomic E-state index is -0.830. The molecule has 14 heteroatoms. The Morgan fingerprint density at radius 1 is 1.09 bits per heavy atom. The molecule has 3 amide bonds. The first-order valence-electron chi connectivity index (χ1n) is 9.52. The van der Waals surface area contributed by atoms with Gasteiger partial charge in [0, 0.05) is 6.07 Å². The average Bonchev–Trinajstić information content (AvgIpc) is 3.02. The number of amides is 3. The molecule has 0 aromatic heterocycles. The second-order valence-corrected chi connectivity index (χ2v) is 7.63. The molecule has 3 rings (SSSR count). The molecule has 0 saturated carbocycles. The molecule has 2 N–H and O–H groups in total. The van der Waals surface area contributed by atoms with Crippen molar-refractivity contribution in [2.75, 3.05) is 13.2 Å². The Morgan fingerprint density at radius 2 is 1.79 bits per heavy atom. The van der Waals surface area contributed by atoms with Gasteiger partial charge in [-0.15, -0.1) is 0 Å². The molecule has 1 aliphatic heterocycles. The van der Waals surface area contributed by atoms with Crippen LogP contribution < -0.4 is 15.2 Å². The lowest BCUT2D eigenvalue weighted by Crippen LogP contribution is -2.36. The number of thioether (sulfide) groups is 1. The van der Waals surface area contributed by atoms with Gasteiger partial charge in [0.25, 0.3) is 16.8 Å². The van der Waals surface area contributed by atoms with Crippen molar-refractivity contribution in [3.05, 3.63) is 67.1 Å². The van der Waals surface area contributed by atoms with Gasteiger partial charge < -0.3 is 15.2 Å². The number of nitrogens with zero attached hydrogens (tertiary/aromatic N) is 3. The number of hydrogen-bond acceptors (Lipinski definition) is 10. The number of nitro benzene ring substituents is 2. The highest BCUT2D eigenvalue weighted by atomic mass is 32.2. The van der Waals surface area contributed by atoms with Crippen LogP contribution >= 0.6 is 11.8 Å². The molecule has 176 valence electrons. The SMILES string of the molecule is CCOc1cc(/C=C2\SC(=O)N(CC(N)=O)C2=O)ccc1Oc1ccc([N+](=O)[O-])cc1[N+](=O)[O-]. The number of imide groups is 1. The zero-order valence-corrected chi connectivity index (χ0v) is 18.3. The summed E-state index contributed by atoms with van der Waals surface area (Å²) in [7, 11) is 0. The number of benzene rings is 2. The van der Waals surface area contributed by atoms with Crippen molar-refractivity contribution in [1.29, 1.82) is 0 Å². The van der Waals surface area contributed by atoms with Crippen molar-refractivity contribution in [2.45, 2.75) is 6.92 Å². The number of hydrogen-bond donors (Lipinski definition) is 1. The Morgan fingerprint density at radius 3 is 2.41 bits per heavy atom. The van der Waals surface area contributed by atoms with Crippen molar-refractivity contribution in [1.82, 2.24) is 4.90 Å². The molecular formula is C20H16N4O9S. The molecule has 1 aliphatic rings. The lowest BCUT2D eigenvalue weighted by atomic mass is 10.1. The highest BCUT2D eigenvalue weighted by Crippen LogP contribution is 2.39. The van der Waals surface area contributed by atoms with E-state index in [2.05, 4.69) is 0 Å². The van der Waals surface area contributed by atoms with Crippen LogP contribution in [0.1, 0.15) is 12.5 Å². The zero-order chi connectivity index (χ0) is 25.0. The number of rotatable bonds is 9. The van der Waals surface area contributed by atoms with E-state index in [4.69, 9.17) is 15.2 Å². The van der Waals surface area contributed by atoms with Crippen LogP contribution in [0, 0.1) is 20.2 Å². The van der Waals surface area contributed by atoms with Crippen LogP contribution in [0.25, 0.3) is 6.08 Å². The van der Waals surface area contributed by atoms with Crippen molar-refractivity contribution < 1.29 is 33.7 Å². The predicted octanol–water partition coefficient (Wildman–Crippen LogP) is 3.22. The molecule has 2 aromatic carbocycles. The largest absolute Gasteiger partial charge is 0.490 e. The Kier molecular flexibility index (Phi) is 7.11. The summed E-state index contributed by atoms with van der Waals surface area (Å²) in [4.78, 5) is 57.0. The third-order valence-corrected chi connectivity index (χ3v) is 5.23. The molecule has 1 fully saturated rings. The molecule has 0 bridgehead atoms. The van der Waals surface area contributed by atoms with Crippen LogP contribution in [0.15, 0.2) is 41.3 Å². The fraction of sp³-hybridized carbons (Fsp3) is 0.150. The number of primary amides is 1. The molecule has 0 radical (unpaired) electrons. The van der Waals surface area contributed by atoms with Crippen molar-refractivity contribution in [3.63, 3.8) is 0 Å². The molecule has 0 spiro atoms. The summed E-state index contributed by atoms with van der Waals surface area (Å²) in [6.45, 7) is 1.37. The van der Waals surface area contributed by atoms with E-state index >= 15 is 0 Å². The Bertz CT molecular complexity index is 1240. The second-order valence-electron chi connectivity index (χ2n) is 6.64. The van der Waals surface area contributed by atoms with E-state index < -0.39 is 44.8 Å². The van der Waals surface area contributed by atoms with Gasteiger partial charge in [-0.3, -0.25) is 39.5 Å². The molecule has 0 atom stereocenters. The molecule has 0 aliphatic carbocycles. The number of nitrogens with two attached hydrogens (primary N) is 1. The molecule has 34 heavy (non-hydrogen) atoms. The second kappa shape index (κ2) is 9.99.